The van der Waals surface area contributed by atoms with Crippen LogP contribution in [0.2, 0.25) is 0 Å². The molecule has 10 rings (SSSR count). The average molecular weight is 662 g/mol. The zero-order valence-electron chi connectivity index (χ0n) is 28.2. The van der Waals surface area contributed by atoms with Gasteiger partial charge in [0.15, 0.2) is 5.82 Å². The Morgan fingerprint density at radius 1 is 0.327 bits per heavy atom. The Morgan fingerprint density at radius 3 is 1.44 bits per heavy atom. The van der Waals surface area contributed by atoms with Crippen molar-refractivity contribution in [2.24, 2.45) is 0 Å². The minimum absolute atomic E-state index is 0.697. The molecule has 10 aromatic rings. The summed E-state index contributed by atoms with van der Waals surface area (Å²) in [5, 5.41) is 7.66. The van der Waals surface area contributed by atoms with Crippen LogP contribution in [-0.4, -0.2) is 15.0 Å². The van der Waals surface area contributed by atoms with E-state index < -0.39 is 0 Å². The highest BCUT2D eigenvalue weighted by molar-refractivity contribution is 6.27. The summed E-state index contributed by atoms with van der Waals surface area (Å²) >= 11 is 0. The molecule has 2 aromatic heterocycles. The standard InChI is InChI=1S/C49H31N3/c1-3-10-32(11-4-1)41-23-19-33-22-26-44-42(24-20-34-21-25-43(41)47(33)48(34)44)37-15-8-17-39(29-37)46-30-45(51-49(52-46)35-12-5-2-6-13-35)38-16-7-14-36(28-38)40-18-9-27-50-31-40/h1-31H. The van der Waals surface area contributed by atoms with Crippen LogP contribution in [0.4, 0.5) is 0 Å². The predicted octanol–water partition coefficient (Wildman–Crippen LogP) is 12.8. The SMILES string of the molecule is c1ccc(-c2nc(-c3cccc(-c4cccnc4)c3)cc(-c3cccc(-c4ccc5ccc6c(-c7ccccc7)ccc7ccc4c5c76)c3)n2)cc1. The van der Waals surface area contributed by atoms with Gasteiger partial charge in [-0.1, -0.05) is 152 Å². The van der Waals surface area contributed by atoms with Crippen molar-refractivity contribution in [3.63, 3.8) is 0 Å². The molecule has 0 aliphatic rings. The van der Waals surface area contributed by atoms with Crippen LogP contribution < -0.4 is 0 Å². The van der Waals surface area contributed by atoms with E-state index in [1.807, 2.05) is 30.5 Å². The zero-order valence-corrected chi connectivity index (χ0v) is 28.2. The Labute approximate surface area is 301 Å². The normalized spacial score (nSPS) is 11.5. The Bertz CT molecular complexity index is 2880. The zero-order chi connectivity index (χ0) is 34.4. The van der Waals surface area contributed by atoms with Gasteiger partial charge in [-0.25, -0.2) is 9.97 Å². The van der Waals surface area contributed by atoms with E-state index in [2.05, 4.69) is 157 Å². The van der Waals surface area contributed by atoms with E-state index >= 15 is 0 Å². The molecule has 0 atom stereocenters. The maximum Gasteiger partial charge on any atom is 0.160 e. The minimum Gasteiger partial charge on any atom is -0.264 e. The van der Waals surface area contributed by atoms with Crippen LogP contribution >= 0.6 is 0 Å². The summed E-state index contributed by atoms with van der Waals surface area (Å²) in [4.78, 5) is 14.6. The number of hydrogen-bond donors (Lipinski definition) is 0. The maximum absolute atomic E-state index is 5.16. The molecule has 0 aliphatic carbocycles. The summed E-state index contributed by atoms with van der Waals surface area (Å²) in [5.41, 5.74) is 11.8. The second-order valence-corrected chi connectivity index (χ2v) is 13.2. The molecule has 0 bridgehead atoms. The van der Waals surface area contributed by atoms with Crippen molar-refractivity contribution in [3.8, 4) is 67.3 Å². The van der Waals surface area contributed by atoms with Gasteiger partial charge in [-0.2, -0.15) is 0 Å². The lowest BCUT2D eigenvalue weighted by Crippen LogP contribution is -1.96. The number of aromatic nitrogens is 3. The van der Waals surface area contributed by atoms with Crippen LogP contribution in [0.3, 0.4) is 0 Å². The predicted molar refractivity (Wildman–Crippen MR) is 216 cm³/mol. The first-order valence-corrected chi connectivity index (χ1v) is 17.6. The fourth-order valence-electron chi connectivity index (χ4n) is 7.62. The summed E-state index contributed by atoms with van der Waals surface area (Å²) in [7, 11) is 0. The maximum atomic E-state index is 5.16. The van der Waals surface area contributed by atoms with Gasteiger partial charge >= 0.3 is 0 Å². The Morgan fingerprint density at radius 2 is 0.827 bits per heavy atom. The van der Waals surface area contributed by atoms with Crippen molar-refractivity contribution in [2.45, 2.75) is 0 Å². The molecule has 52 heavy (non-hydrogen) atoms. The highest BCUT2D eigenvalue weighted by Crippen LogP contribution is 2.43. The number of nitrogens with zero attached hydrogens (tertiary/aromatic N) is 3. The molecule has 0 amide bonds. The summed E-state index contributed by atoms with van der Waals surface area (Å²) in [6.07, 6.45) is 3.70. The average Bonchev–Trinajstić information content (AvgIpc) is 3.23. The van der Waals surface area contributed by atoms with Crippen LogP contribution in [0, 0.1) is 0 Å². The summed E-state index contributed by atoms with van der Waals surface area (Å²) in [6, 6.07) is 62.5. The number of rotatable bonds is 6. The fourth-order valence-corrected chi connectivity index (χ4v) is 7.62. The van der Waals surface area contributed by atoms with Gasteiger partial charge in [-0.15, -0.1) is 0 Å². The molecule has 0 saturated carbocycles. The van der Waals surface area contributed by atoms with Crippen LogP contribution in [0.15, 0.2) is 188 Å². The van der Waals surface area contributed by atoms with Crippen LogP contribution in [-0.2, 0) is 0 Å². The smallest absolute Gasteiger partial charge is 0.160 e. The molecule has 8 aromatic carbocycles. The number of hydrogen-bond acceptors (Lipinski definition) is 3. The molecular formula is C49H31N3. The van der Waals surface area contributed by atoms with Crippen molar-refractivity contribution in [1.29, 1.82) is 0 Å². The van der Waals surface area contributed by atoms with Gasteiger partial charge in [0.2, 0.25) is 0 Å². The third-order valence-electron chi connectivity index (χ3n) is 10.1. The van der Waals surface area contributed by atoms with Gasteiger partial charge in [-0.3, -0.25) is 4.98 Å². The molecule has 0 N–H and O–H groups in total. The lowest BCUT2D eigenvalue weighted by atomic mass is 9.87. The molecule has 2 heterocycles. The van der Waals surface area contributed by atoms with Crippen molar-refractivity contribution in [1.82, 2.24) is 15.0 Å². The lowest BCUT2D eigenvalue weighted by molar-refractivity contribution is 1.18. The fraction of sp³-hybridized carbons (Fsp3) is 0. The first kappa shape index (κ1) is 29.9. The second-order valence-electron chi connectivity index (χ2n) is 13.2. The summed E-state index contributed by atoms with van der Waals surface area (Å²) in [5.74, 6) is 0.697. The van der Waals surface area contributed by atoms with E-state index in [9.17, 15) is 0 Å². The van der Waals surface area contributed by atoms with Crippen molar-refractivity contribution >= 4 is 32.3 Å². The largest absolute Gasteiger partial charge is 0.264 e. The molecule has 0 radical (unpaired) electrons. The van der Waals surface area contributed by atoms with Crippen molar-refractivity contribution < 1.29 is 0 Å². The Kier molecular flexibility index (Phi) is 7.14. The van der Waals surface area contributed by atoms with Gasteiger partial charge in [0.1, 0.15) is 0 Å². The molecule has 0 unspecified atom stereocenters. The molecule has 242 valence electrons. The molecule has 0 saturated heterocycles. The van der Waals surface area contributed by atoms with Crippen LogP contribution in [0.5, 0.6) is 0 Å². The molecular weight excluding hydrogens is 631 g/mol. The molecule has 3 nitrogen and oxygen atoms in total. The third kappa shape index (κ3) is 5.19. The first-order chi connectivity index (χ1) is 25.8. The summed E-state index contributed by atoms with van der Waals surface area (Å²) < 4.78 is 0. The molecule has 0 fully saturated rings. The molecule has 0 spiro atoms. The van der Waals surface area contributed by atoms with E-state index in [1.165, 1.54) is 49.0 Å². The minimum atomic E-state index is 0.697. The van der Waals surface area contributed by atoms with Crippen LogP contribution in [0.25, 0.3) is 99.6 Å². The van der Waals surface area contributed by atoms with Gasteiger partial charge < -0.3 is 0 Å². The van der Waals surface area contributed by atoms with Crippen LogP contribution in [0.1, 0.15) is 0 Å². The van der Waals surface area contributed by atoms with E-state index in [0.29, 0.717) is 5.82 Å². The molecule has 3 heteroatoms. The van der Waals surface area contributed by atoms with Gasteiger partial charge in [0.25, 0.3) is 0 Å². The van der Waals surface area contributed by atoms with E-state index in [0.717, 1.165) is 44.8 Å². The number of benzene rings is 8. The second kappa shape index (κ2) is 12.4. The lowest BCUT2D eigenvalue weighted by Gasteiger charge is -2.17. The van der Waals surface area contributed by atoms with E-state index in [4.69, 9.17) is 9.97 Å². The Balaban J connectivity index is 1.13. The summed E-state index contributed by atoms with van der Waals surface area (Å²) in [6.45, 7) is 0. The van der Waals surface area contributed by atoms with Crippen molar-refractivity contribution in [3.05, 3.63) is 188 Å². The van der Waals surface area contributed by atoms with Crippen molar-refractivity contribution in [2.75, 3.05) is 0 Å². The Hall–Kier alpha value is -6.97. The quantitative estimate of drug-likeness (QED) is 0.166. The van der Waals surface area contributed by atoms with Gasteiger partial charge in [0, 0.05) is 34.6 Å². The highest BCUT2D eigenvalue weighted by atomic mass is 14.9. The van der Waals surface area contributed by atoms with E-state index in [-0.39, 0.29) is 0 Å². The van der Waals surface area contributed by atoms with E-state index in [1.54, 1.807) is 6.20 Å². The van der Waals surface area contributed by atoms with Gasteiger partial charge in [0.05, 0.1) is 11.4 Å². The molecule has 0 aliphatic heterocycles. The highest BCUT2D eigenvalue weighted by Gasteiger charge is 2.16. The van der Waals surface area contributed by atoms with Gasteiger partial charge in [-0.05, 0) is 84.4 Å². The third-order valence-corrected chi connectivity index (χ3v) is 10.1. The number of pyridine rings is 1. The first-order valence-electron chi connectivity index (χ1n) is 17.6. The topological polar surface area (TPSA) is 38.7 Å². The monoisotopic (exact) mass is 661 g/mol.